The SMILES string of the molecule is CCCCCCCCCNC(=O)CCC(=O)C(CSC(CC(=O)CCc1ccc(Cn2c(=O)[nH]c3c(N)nc(OCCOC)nc32)cc1)CN(C)C)NC(=O)CCC(N)C(=O)NCCCCCCCCC. The molecule has 71 heavy (non-hydrogen) atoms. The second-order valence-electron chi connectivity index (χ2n) is 18.8. The molecule has 18 nitrogen and oxygen atoms in total. The number of hydrogen-bond donors (Lipinski definition) is 6. The Morgan fingerprint density at radius 2 is 1.41 bits per heavy atom. The summed E-state index contributed by atoms with van der Waals surface area (Å²) in [4.78, 5) is 92.2. The number of rotatable bonds is 41. The third-order valence-corrected chi connectivity index (χ3v) is 13.6. The molecule has 0 fully saturated rings. The van der Waals surface area contributed by atoms with E-state index < -0.39 is 18.0 Å². The van der Waals surface area contributed by atoms with E-state index in [0.717, 1.165) is 49.7 Å². The first-order chi connectivity index (χ1) is 34.2. The number of aryl methyl sites for hydroxylation is 1. The molecule has 8 N–H and O–H groups in total. The van der Waals surface area contributed by atoms with Crippen molar-refractivity contribution in [3.63, 3.8) is 0 Å². The van der Waals surface area contributed by atoms with E-state index in [4.69, 9.17) is 20.9 Å². The minimum Gasteiger partial charge on any atom is -0.461 e. The number of hydrogen-bond acceptors (Lipinski definition) is 14. The topological polar surface area (TPSA) is 259 Å². The molecule has 0 bridgehead atoms. The Kier molecular flexibility index (Phi) is 30.1. The van der Waals surface area contributed by atoms with Gasteiger partial charge in [-0.05, 0) is 50.9 Å². The van der Waals surface area contributed by atoms with Crippen LogP contribution in [0.4, 0.5) is 5.82 Å². The maximum Gasteiger partial charge on any atom is 0.328 e. The summed E-state index contributed by atoms with van der Waals surface area (Å²) in [6.07, 6.45) is 17.0. The van der Waals surface area contributed by atoms with Crippen molar-refractivity contribution in [2.45, 2.75) is 173 Å². The van der Waals surface area contributed by atoms with Gasteiger partial charge in [0.1, 0.15) is 17.9 Å². The predicted molar refractivity (Wildman–Crippen MR) is 284 cm³/mol. The van der Waals surface area contributed by atoms with E-state index in [9.17, 15) is 28.8 Å². The molecular weight excluding hydrogens is 925 g/mol. The number of imidazole rings is 1. The standard InChI is InChI=1S/C52H86N10O8S/c1-6-8-10-12-14-16-18-30-55-45(65)29-27-44(64)43(57-46(66)28-26-42(53)50(67)56-31-19-17-15-13-11-9-7-2)37-71-41(36-61(3)4)34-40(63)25-24-38-20-22-39(23-21-38)35-62-49-47(58-52(62)68)48(54)59-51(60-49)70-33-32-69-5/h20-23,41-43H,6-19,24-37,53H2,1-5H3,(H,55,65)(H,56,67)(H,57,66)(H,58,68)(H2,54,59,60). The van der Waals surface area contributed by atoms with Gasteiger partial charge < -0.3 is 46.8 Å². The number of fused-ring (bicyclic) bond motifs is 1. The number of amides is 3. The lowest BCUT2D eigenvalue weighted by molar-refractivity contribution is -0.129. The summed E-state index contributed by atoms with van der Waals surface area (Å²) < 4.78 is 12.0. The zero-order valence-corrected chi connectivity index (χ0v) is 44.3. The molecule has 3 atom stereocenters. The second-order valence-corrected chi connectivity index (χ2v) is 20.2. The Morgan fingerprint density at radius 3 is 2.04 bits per heavy atom. The van der Waals surface area contributed by atoms with E-state index in [0.29, 0.717) is 50.2 Å². The van der Waals surface area contributed by atoms with E-state index in [1.165, 1.54) is 67.7 Å². The number of ether oxygens (including phenoxy) is 2. The van der Waals surface area contributed by atoms with Crippen molar-refractivity contribution in [1.29, 1.82) is 0 Å². The zero-order valence-electron chi connectivity index (χ0n) is 43.5. The van der Waals surface area contributed by atoms with Crippen molar-refractivity contribution in [3.05, 3.63) is 45.9 Å². The van der Waals surface area contributed by atoms with Crippen molar-refractivity contribution in [1.82, 2.24) is 40.4 Å². The van der Waals surface area contributed by atoms with Gasteiger partial charge in [0.15, 0.2) is 17.2 Å². The van der Waals surface area contributed by atoms with E-state index >= 15 is 0 Å². The van der Waals surface area contributed by atoms with Crippen molar-refractivity contribution < 1.29 is 33.4 Å². The number of carbonyl (C=O) groups is 5. The van der Waals surface area contributed by atoms with Crippen LogP contribution in [0.3, 0.4) is 0 Å². The molecule has 0 saturated carbocycles. The molecule has 19 heteroatoms. The summed E-state index contributed by atoms with van der Waals surface area (Å²) in [6, 6.07) is 5.95. The molecule has 2 heterocycles. The zero-order chi connectivity index (χ0) is 51.8. The molecule has 398 valence electrons. The van der Waals surface area contributed by atoms with Crippen molar-refractivity contribution in [3.8, 4) is 6.01 Å². The fourth-order valence-electron chi connectivity index (χ4n) is 8.04. The number of H-pyrrole nitrogens is 1. The molecular formula is C52H86N10O8S. The average molecular weight is 1010 g/mol. The van der Waals surface area contributed by atoms with Crippen LogP contribution in [0, 0.1) is 0 Å². The molecule has 3 rings (SSSR count). The molecule has 1 aromatic carbocycles. The molecule has 0 radical (unpaired) electrons. The normalized spacial score (nSPS) is 12.7. The fourth-order valence-corrected chi connectivity index (χ4v) is 9.48. The molecule has 0 aliphatic carbocycles. The number of anilines is 1. The Bertz CT molecular complexity index is 2100. The second kappa shape index (κ2) is 35.3. The summed E-state index contributed by atoms with van der Waals surface area (Å²) >= 11 is 1.45. The number of aromatic amines is 1. The maximum atomic E-state index is 13.7. The molecule has 0 spiro atoms. The Balaban J connectivity index is 1.57. The third-order valence-electron chi connectivity index (χ3n) is 12.3. The Hall–Kier alpha value is -4.85. The van der Waals surface area contributed by atoms with Gasteiger partial charge in [-0.3, -0.25) is 28.5 Å². The number of aromatic nitrogens is 4. The third kappa shape index (κ3) is 24.9. The molecule has 3 unspecified atom stereocenters. The number of Topliss-reactive ketones (excluding diaryl/α,β-unsaturated/α-hetero) is 2. The van der Waals surface area contributed by atoms with Gasteiger partial charge in [0.05, 0.1) is 25.2 Å². The van der Waals surface area contributed by atoms with Gasteiger partial charge in [-0.25, -0.2) is 4.79 Å². The number of nitrogens with zero attached hydrogens (tertiary/aromatic N) is 4. The highest BCUT2D eigenvalue weighted by atomic mass is 32.2. The monoisotopic (exact) mass is 1010 g/mol. The number of benzene rings is 1. The van der Waals surface area contributed by atoms with Gasteiger partial charge in [0.2, 0.25) is 17.7 Å². The predicted octanol–water partition coefficient (Wildman–Crippen LogP) is 6.01. The van der Waals surface area contributed by atoms with Crippen LogP contribution in [-0.4, -0.2) is 131 Å². The molecule has 0 aliphatic rings. The highest BCUT2D eigenvalue weighted by Gasteiger charge is 2.26. The number of nitrogens with one attached hydrogen (secondary N) is 4. The average Bonchev–Trinajstić information content (AvgIpc) is 3.66. The van der Waals surface area contributed by atoms with Gasteiger partial charge >= 0.3 is 11.7 Å². The number of nitrogens with two attached hydrogens (primary N) is 2. The lowest BCUT2D eigenvalue weighted by atomic mass is 10.0. The summed E-state index contributed by atoms with van der Waals surface area (Å²) in [7, 11) is 5.40. The minimum atomic E-state index is -0.898. The summed E-state index contributed by atoms with van der Waals surface area (Å²) in [5, 5.41) is 8.52. The quantitative estimate of drug-likeness (QED) is 0.0356. The first-order valence-electron chi connectivity index (χ1n) is 26.1. The lowest BCUT2D eigenvalue weighted by Crippen LogP contribution is -2.45. The van der Waals surface area contributed by atoms with E-state index in [1.807, 2.05) is 43.3 Å². The smallest absolute Gasteiger partial charge is 0.328 e. The summed E-state index contributed by atoms with van der Waals surface area (Å²) in [6.45, 7) is 6.82. The van der Waals surface area contributed by atoms with Crippen LogP contribution in [0.5, 0.6) is 6.01 Å². The Morgan fingerprint density at radius 1 is 0.789 bits per heavy atom. The number of carbonyl (C=O) groups excluding carboxylic acids is 5. The van der Waals surface area contributed by atoms with Crippen LogP contribution >= 0.6 is 11.8 Å². The summed E-state index contributed by atoms with van der Waals surface area (Å²) in [5.41, 5.74) is 14.3. The van der Waals surface area contributed by atoms with Crippen LogP contribution in [0.25, 0.3) is 11.2 Å². The number of unbranched alkanes of at least 4 members (excludes halogenated alkanes) is 12. The summed E-state index contributed by atoms with van der Waals surface area (Å²) in [5.74, 6) is -0.812. The maximum absolute atomic E-state index is 13.7. The first kappa shape index (κ1) is 60.5. The highest BCUT2D eigenvalue weighted by Crippen LogP contribution is 2.22. The molecule has 3 amide bonds. The van der Waals surface area contributed by atoms with Crippen molar-refractivity contribution in [2.75, 3.05) is 65.5 Å². The van der Waals surface area contributed by atoms with Gasteiger partial charge in [0.25, 0.3) is 0 Å². The highest BCUT2D eigenvalue weighted by molar-refractivity contribution is 8.00. The Labute approximate surface area is 426 Å². The van der Waals surface area contributed by atoms with Crippen LogP contribution < -0.4 is 37.8 Å². The van der Waals surface area contributed by atoms with Crippen LogP contribution in [0.1, 0.15) is 153 Å². The van der Waals surface area contributed by atoms with Crippen LogP contribution in [0.2, 0.25) is 0 Å². The van der Waals surface area contributed by atoms with Crippen LogP contribution in [-0.2, 0) is 41.7 Å². The number of methoxy groups -OCH3 is 1. The van der Waals surface area contributed by atoms with Gasteiger partial charge in [0, 0.05) is 69.9 Å². The van der Waals surface area contributed by atoms with Crippen molar-refractivity contribution in [2.24, 2.45) is 5.73 Å². The fraction of sp³-hybridized carbons (Fsp3) is 0.692. The number of nitrogen functional groups attached to an aromatic ring is 1. The van der Waals surface area contributed by atoms with E-state index in [1.54, 1.807) is 7.11 Å². The largest absolute Gasteiger partial charge is 0.461 e. The van der Waals surface area contributed by atoms with Crippen LogP contribution in [0.15, 0.2) is 29.1 Å². The van der Waals surface area contributed by atoms with E-state index in [2.05, 4.69) is 44.7 Å². The molecule has 2 aromatic heterocycles. The molecule has 3 aromatic rings. The molecule has 0 aliphatic heterocycles. The van der Waals surface area contributed by atoms with Gasteiger partial charge in [-0.15, -0.1) is 0 Å². The van der Waals surface area contributed by atoms with Gasteiger partial charge in [-0.1, -0.05) is 115 Å². The number of ketones is 2. The first-order valence-corrected chi connectivity index (χ1v) is 27.1. The lowest BCUT2D eigenvalue weighted by Gasteiger charge is -2.24. The number of thioether (sulfide) groups is 1. The van der Waals surface area contributed by atoms with Crippen molar-refractivity contribution >= 4 is 58.0 Å². The van der Waals surface area contributed by atoms with Gasteiger partial charge in [-0.2, -0.15) is 21.7 Å². The van der Waals surface area contributed by atoms with E-state index in [-0.39, 0.29) is 97.2 Å². The molecule has 0 saturated heterocycles. The minimum absolute atomic E-state index is 0.00824.